The molecule has 1 atom stereocenters. The van der Waals surface area contributed by atoms with Gasteiger partial charge < -0.3 is 0 Å². The monoisotopic (exact) mass is 519 g/mol. The Morgan fingerprint density at radius 2 is 1.72 bits per heavy atom. The van der Waals surface area contributed by atoms with Gasteiger partial charge in [0.2, 0.25) is 15.9 Å². The van der Waals surface area contributed by atoms with Gasteiger partial charge in [-0.15, -0.1) is 0 Å². The Bertz CT molecular complexity index is 1480. The molecule has 36 heavy (non-hydrogen) atoms. The molecule has 1 fully saturated rings. The van der Waals surface area contributed by atoms with Gasteiger partial charge in [-0.25, -0.2) is 13.4 Å². The Hall–Kier alpha value is -3.07. The average Bonchev–Trinajstić information content (AvgIpc) is 3.35. The molecule has 1 aliphatic heterocycles. The average molecular weight is 520 g/mol. The third kappa shape index (κ3) is 4.81. The molecule has 1 saturated heterocycles. The molecule has 0 saturated carbocycles. The number of thiazole rings is 1. The summed E-state index contributed by atoms with van der Waals surface area (Å²) in [5.41, 5.74) is 4.19. The second-order valence-electron chi connectivity index (χ2n) is 9.28. The molecule has 2 heterocycles. The Morgan fingerprint density at radius 1 is 1.03 bits per heavy atom. The normalized spacial score (nSPS) is 16.8. The number of aromatic nitrogens is 1. The molecule has 6 nitrogen and oxygen atoms in total. The Balaban J connectivity index is 1.47. The van der Waals surface area contributed by atoms with E-state index in [9.17, 15) is 13.2 Å². The van der Waals surface area contributed by atoms with E-state index in [4.69, 9.17) is 4.98 Å². The molecule has 1 unspecified atom stereocenters. The maximum absolute atomic E-state index is 14.0. The molecule has 8 heteroatoms. The highest BCUT2D eigenvalue weighted by molar-refractivity contribution is 7.89. The molecule has 1 aromatic heterocycles. The third-order valence-electron chi connectivity index (χ3n) is 6.87. The predicted molar refractivity (Wildman–Crippen MR) is 145 cm³/mol. The smallest absolute Gasteiger partial charge is 0.243 e. The number of hydrogen-bond acceptors (Lipinski definition) is 5. The van der Waals surface area contributed by atoms with Crippen LogP contribution in [0, 0.1) is 19.8 Å². The lowest BCUT2D eigenvalue weighted by Gasteiger charge is -2.33. The quantitative estimate of drug-likeness (QED) is 0.335. The highest BCUT2D eigenvalue weighted by atomic mass is 32.2. The van der Waals surface area contributed by atoms with Crippen molar-refractivity contribution in [2.45, 2.75) is 38.1 Å². The number of amides is 1. The first-order valence-corrected chi connectivity index (χ1v) is 14.4. The standard InChI is InChI=1S/C28H29N3O3S2/c1-20-15-16-25-26(21(20)2)29-28(35-25)31(18-22-10-5-3-6-11-22)27(32)23-12-9-17-30(19-23)36(33,34)24-13-7-4-8-14-24/h3-8,10-11,13-16,23H,9,12,17-19H2,1-2H3. The van der Waals surface area contributed by atoms with Crippen molar-refractivity contribution in [3.8, 4) is 0 Å². The van der Waals surface area contributed by atoms with Crippen LogP contribution < -0.4 is 4.90 Å². The van der Waals surface area contributed by atoms with E-state index in [1.807, 2.05) is 30.3 Å². The van der Waals surface area contributed by atoms with Crippen LogP contribution in [0.3, 0.4) is 0 Å². The Labute approximate surface area is 216 Å². The minimum atomic E-state index is -3.66. The molecule has 1 amide bonds. The van der Waals surface area contributed by atoms with Crippen LogP contribution in [0.5, 0.6) is 0 Å². The van der Waals surface area contributed by atoms with Crippen LogP contribution >= 0.6 is 11.3 Å². The molecule has 4 aromatic rings. The van der Waals surface area contributed by atoms with E-state index < -0.39 is 15.9 Å². The largest absolute Gasteiger partial charge is 0.283 e. The van der Waals surface area contributed by atoms with Crippen LogP contribution in [0.15, 0.2) is 77.7 Å². The van der Waals surface area contributed by atoms with Crippen molar-refractivity contribution in [1.29, 1.82) is 0 Å². The van der Waals surface area contributed by atoms with Gasteiger partial charge in [0.1, 0.15) is 0 Å². The van der Waals surface area contributed by atoms with Crippen LogP contribution in [0.4, 0.5) is 5.13 Å². The van der Waals surface area contributed by atoms with Crippen molar-refractivity contribution in [1.82, 2.24) is 9.29 Å². The van der Waals surface area contributed by atoms with E-state index in [1.165, 1.54) is 15.6 Å². The summed E-state index contributed by atoms with van der Waals surface area (Å²) in [4.78, 5) is 20.9. The molecule has 0 radical (unpaired) electrons. The minimum absolute atomic E-state index is 0.0831. The van der Waals surface area contributed by atoms with Gasteiger partial charge in [-0.05, 0) is 61.6 Å². The van der Waals surface area contributed by atoms with E-state index in [0.29, 0.717) is 31.1 Å². The highest BCUT2D eigenvalue weighted by Crippen LogP contribution is 2.34. The maximum Gasteiger partial charge on any atom is 0.243 e. The number of carbonyl (C=O) groups is 1. The summed E-state index contributed by atoms with van der Waals surface area (Å²) < 4.78 is 29.0. The first kappa shape index (κ1) is 24.6. The van der Waals surface area contributed by atoms with Crippen molar-refractivity contribution in [3.05, 3.63) is 89.5 Å². The number of carbonyl (C=O) groups excluding carboxylic acids is 1. The zero-order chi connectivity index (χ0) is 25.3. The summed E-state index contributed by atoms with van der Waals surface area (Å²) in [5.74, 6) is -0.518. The van der Waals surface area contributed by atoms with Gasteiger partial charge in [0.05, 0.1) is 27.6 Å². The molecule has 5 rings (SSSR count). The number of sulfonamides is 1. The number of fused-ring (bicyclic) bond motifs is 1. The molecule has 1 aliphatic rings. The molecule has 0 aliphatic carbocycles. The van der Waals surface area contributed by atoms with Gasteiger partial charge in [0.15, 0.2) is 5.13 Å². The van der Waals surface area contributed by atoms with E-state index >= 15 is 0 Å². The van der Waals surface area contributed by atoms with Gasteiger partial charge in [-0.1, -0.05) is 65.9 Å². The van der Waals surface area contributed by atoms with Gasteiger partial charge in [0.25, 0.3) is 0 Å². The Morgan fingerprint density at radius 3 is 2.44 bits per heavy atom. The number of benzene rings is 3. The zero-order valence-corrected chi connectivity index (χ0v) is 22.1. The third-order valence-corrected chi connectivity index (χ3v) is 9.79. The highest BCUT2D eigenvalue weighted by Gasteiger charge is 2.36. The maximum atomic E-state index is 14.0. The summed E-state index contributed by atoms with van der Waals surface area (Å²) in [6.45, 7) is 5.09. The molecular weight excluding hydrogens is 490 g/mol. The summed E-state index contributed by atoms with van der Waals surface area (Å²) in [5, 5.41) is 0.649. The molecule has 0 bridgehead atoms. The number of anilines is 1. The number of nitrogens with zero attached hydrogens (tertiary/aromatic N) is 3. The van der Waals surface area contributed by atoms with E-state index in [0.717, 1.165) is 26.9 Å². The van der Waals surface area contributed by atoms with Crippen molar-refractivity contribution < 1.29 is 13.2 Å². The van der Waals surface area contributed by atoms with Crippen LogP contribution in [-0.2, 0) is 21.4 Å². The first-order chi connectivity index (χ1) is 17.3. The van der Waals surface area contributed by atoms with Gasteiger partial charge in [-0.2, -0.15) is 4.31 Å². The van der Waals surface area contributed by atoms with Crippen molar-refractivity contribution >= 4 is 42.6 Å². The lowest BCUT2D eigenvalue weighted by Crippen LogP contribution is -2.46. The van der Waals surface area contributed by atoms with E-state index in [2.05, 4.69) is 26.0 Å². The minimum Gasteiger partial charge on any atom is -0.283 e. The van der Waals surface area contributed by atoms with Crippen molar-refractivity contribution in [3.63, 3.8) is 0 Å². The molecule has 0 spiro atoms. The SMILES string of the molecule is Cc1ccc2sc(N(Cc3ccccc3)C(=O)C3CCCN(S(=O)(=O)c4ccccc4)C3)nc2c1C. The van der Waals surface area contributed by atoms with Crippen molar-refractivity contribution in [2.75, 3.05) is 18.0 Å². The van der Waals surface area contributed by atoms with Crippen LogP contribution in [0.2, 0.25) is 0 Å². The summed E-state index contributed by atoms with van der Waals surface area (Å²) >= 11 is 1.51. The summed E-state index contributed by atoms with van der Waals surface area (Å²) in [6, 6.07) is 22.4. The summed E-state index contributed by atoms with van der Waals surface area (Å²) in [6.07, 6.45) is 1.29. The second kappa shape index (κ2) is 10.1. The predicted octanol–water partition coefficient (Wildman–Crippen LogP) is 5.55. The number of piperidine rings is 1. The topological polar surface area (TPSA) is 70.6 Å². The van der Waals surface area contributed by atoms with Gasteiger partial charge in [0, 0.05) is 13.1 Å². The van der Waals surface area contributed by atoms with Crippen LogP contribution in [0.25, 0.3) is 10.2 Å². The van der Waals surface area contributed by atoms with E-state index in [1.54, 1.807) is 35.2 Å². The number of hydrogen-bond donors (Lipinski definition) is 0. The van der Waals surface area contributed by atoms with Crippen LogP contribution in [0.1, 0.15) is 29.5 Å². The zero-order valence-electron chi connectivity index (χ0n) is 20.4. The number of aryl methyl sites for hydroxylation is 2. The summed E-state index contributed by atoms with van der Waals surface area (Å²) in [7, 11) is -3.66. The van der Waals surface area contributed by atoms with E-state index in [-0.39, 0.29) is 17.3 Å². The molecular formula is C28H29N3O3S2. The fourth-order valence-corrected chi connectivity index (χ4v) is 7.23. The van der Waals surface area contributed by atoms with Gasteiger partial charge >= 0.3 is 0 Å². The fraction of sp³-hybridized carbons (Fsp3) is 0.286. The molecule has 186 valence electrons. The second-order valence-corrected chi connectivity index (χ2v) is 12.2. The lowest BCUT2D eigenvalue weighted by atomic mass is 9.98. The Kier molecular flexibility index (Phi) is 6.92. The first-order valence-electron chi connectivity index (χ1n) is 12.1. The lowest BCUT2D eigenvalue weighted by molar-refractivity contribution is -0.123. The fourth-order valence-electron chi connectivity index (χ4n) is 4.66. The molecule has 0 N–H and O–H groups in total. The molecule has 3 aromatic carbocycles. The van der Waals surface area contributed by atoms with Gasteiger partial charge in [-0.3, -0.25) is 9.69 Å². The number of rotatable bonds is 6. The van der Waals surface area contributed by atoms with Crippen LogP contribution in [-0.4, -0.2) is 36.7 Å². The van der Waals surface area contributed by atoms with Crippen molar-refractivity contribution in [2.24, 2.45) is 5.92 Å².